The topological polar surface area (TPSA) is 128 Å². The van der Waals surface area contributed by atoms with Crippen molar-refractivity contribution >= 4 is 23.4 Å². The second-order valence-electron chi connectivity index (χ2n) is 12.8. The predicted octanol–water partition coefficient (Wildman–Crippen LogP) is 3.18. The molecule has 2 aliphatic carbocycles. The van der Waals surface area contributed by atoms with Crippen LogP contribution in [-0.4, -0.2) is 91.7 Å². The van der Waals surface area contributed by atoms with Crippen molar-refractivity contribution in [2.24, 2.45) is 26.7 Å². The van der Waals surface area contributed by atoms with Gasteiger partial charge in [-0.3, -0.25) is 20.1 Å². The molecule has 42 heavy (non-hydrogen) atoms. The van der Waals surface area contributed by atoms with Crippen molar-refractivity contribution < 1.29 is 9.90 Å². The van der Waals surface area contributed by atoms with Crippen molar-refractivity contribution in [3.63, 3.8) is 0 Å². The number of aliphatic hydroxyl groups excluding tert-OH is 1. The Morgan fingerprint density at radius 2 is 2.05 bits per heavy atom. The Morgan fingerprint density at radius 1 is 1.31 bits per heavy atom. The van der Waals surface area contributed by atoms with Gasteiger partial charge in [0.1, 0.15) is 12.1 Å². The molecule has 10 heteroatoms. The predicted molar refractivity (Wildman–Crippen MR) is 168 cm³/mol. The number of carbonyl (C=O) groups is 1. The summed E-state index contributed by atoms with van der Waals surface area (Å²) in [4.78, 5) is 25.9. The van der Waals surface area contributed by atoms with Gasteiger partial charge in [0, 0.05) is 43.9 Å². The highest BCUT2D eigenvalue weighted by Gasteiger charge is 2.60. The zero-order chi connectivity index (χ0) is 30.5. The zero-order valence-electron chi connectivity index (χ0n) is 26.0. The van der Waals surface area contributed by atoms with Crippen molar-refractivity contribution in [1.82, 2.24) is 20.4 Å². The Bertz CT molecular complexity index is 1240. The fraction of sp³-hybridized carbons (Fsp3) is 0.625. The summed E-state index contributed by atoms with van der Waals surface area (Å²) in [6.07, 6.45) is 8.08. The average Bonchev–Trinajstić information content (AvgIpc) is 3.61. The number of nitrogens with one attached hydrogen (secondary N) is 3. The number of nitrogens with zero attached hydrogens (tertiary/aromatic N) is 5. The fourth-order valence-electron chi connectivity index (χ4n) is 6.64. The third-order valence-electron chi connectivity index (χ3n) is 9.34. The number of amidine groups is 1. The van der Waals surface area contributed by atoms with Crippen molar-refractivity contribution in [2.45, 2.75) is 71.2 Å². The van der Waals surface area contributed by atoms with E-state index in [4.69, 9.17) is 15.2 Å². The third-order valence-corrected chi connectivity index (χ3v) is 9.34. The molecule has 1 spiro atoms. The standard InChI is InChI=1S/C32H48N8O2/c1-7-34-28-25(20-35-30(38-28)36-24-13-11-23(19-33)12-14-24)31(3)15-9-16-32(21-31)18-26(32)37-29(42)22(2)40(6)27(41)10-8-17-39(4)5/h8,10-14,22,25-26,29,37,42H,7,9,15-18,20-21H2,1-6H3,(H2,34,35,36,38)/b10-8+/t22-,25?,26+,29?,31?,32+/m0/s1. The number of aliphatic imine (C=N–C) groups is 2. The van der Waals surface area contributed by atoms with Crippen LogP contribution in [0.5, 0.6) is 0 Å². The minimum Gasteiger partial charge on any atom is -0.376 e. The Labute approximate surface area is 251 Å². The van der Waals surface area contributed by atoms with E-state index in [0.29, 0.717) is 31.2 Å². The molecule has 3 aliphatic rings. The molecule has 10 nitrogen and oxygen atoms in total. The minimum absolute atomic E-state index is 0.0275. The number of guanidine groups is 1. The summed E-state index contributed by atoms with van der Waals surface area (Å²) < 4.78 is 0. The lowest BCUT2D eigenvalue weighted by atomic mass is 9.62. The van der Waals surface area contributed by atoms with Crippen LogP contribution in [0.3, 0.4) is 0 Å². The summed E-state index contributed by atoms with van der Waals surface area (Å²) in [5.74, 6) is 1.73. The molecule has 4 N–H and O–H groups in total. The normalized spacial score (nSPS) is 29.6. The Morgan fingerprint density at radius 3 is 2.71 bits per heavy atom. The molecule has 228 valence electrons. The lowest BCUT2D eigenvalue weighted by Gasteiger charge is -2.46. The van der Waals surface area contributed by atoms with E-state index in [1.807, 2.05) is 44.1 Å². The molecule has 2 saturated carbocycles. The number of nitriles is 1. The van der Waals surface area contributed by atoms with Crippen LogP contribution >= 0.6 is 0 Å². The molecule has 3 unspecified atom stereocenters. The summed E-state index contributed by atoms with van der Waals surface area (Å²) in [7, 11) is 5.66. The zero-order valence-corrected chi connectivity index (χ0v) is 26.0. The average molecular weight is 577 g/mol. The van der Waals surface area contributed by atoms with E-state index < -0.39 is 6.23 Å². The van der Waals surface area contributed by atoms with Crippen LogP contribution in [0, 0.1) is 28.1 Å². The van der Waals surface area contributed by atoms with Crippen LogP contribution in [-0.2, 0) is 4.79 Å². The number of carbonyl (C=O) groups excluding carboxylic acids is 1. The molecule has 1 aromatic carbocycles. The quantitative estimate of drug-likeness (QED) is 0.249. The van der Waals surface area contributed by atoms with E-state index in [0.717, 1.165) is 43.6 Å². The fourth-order valence-corrected chi connectivity index (χ4v) is 6.64. The Balaban J connectivity index is 1.38. The molecule has 1 amide bonds. The van der Waals surface area contributed by atoms with Gasteiger partial charge in [-0.25, -0.2) is 0 Å². The summed E-state index contributed by atoms with van der Waals surface area (Å²) in [6, 6.07) is 9.35. The Kier molecular flexibility index (Phi) is 10.1. The molecule has 2 fully saturated rings. The second-order valence-corrected chi connectivity index (χ2v) is 12.8. The Hall–Kier alpha value is -3.26. The molecule has 0 radical (unpaired) electrons. The largest absolute Gasteiger partial charge is 0.376 e. The van der Waals surface area contributed by atoms with E-state index in [2.05, 4.69) is 35.9 Å². The van der Waals surface area contributed by atoms with Gasteiger partial charge >= 0.3 is 0 Å². The van der Waals surface area contributed by atoms with E-state index in [1.54, 1.807) is 30.2 Å². The number of anilines is 1. The number of aliphatic hydroxyl groups is 1. The first kappa shape index (κ1) is 31.7. The number of benzene rings is 1. The van der Waals surface area contributed by atoms with Gasteiger partial charge in [0.15, 0.2) is 0 Å². The maximum Gasteiger partial charge on any atom is 0.246 e. The summed E-state index contributed by atoms with van der Waals surface area (Å²) in [5, 5.41) is 30.4. The molecular formula is C32H48N8O2. The van der Waals surface area contributed by atoms with Crippen LogP contribution in [0.25, 0.3) is 0 Å². The van der Waals surface area contributed by atoms with E-state index >= 15 is 0 Å². The highest BCUT2D eigenvalue weighted by Crippen LogP contribution is 2.63. The maximum atomic E-state index is 12.6. The van der Waals surface area contributed by atoms with Gasteiger partial charge in [-0.2, -0.15) is 5.26 Å². The monoisotopic (exact) mass is 576 g/mol. The van der Waals surface area contributed by atoms with Crippen molar-refractivity contribution in [3.05, 3.63) is 42.0 Å². The first-order valence-corrected chi connectivity index (χ1v) is 15.2. The van der Waals surface area contributed by atoms with Crippen molar-refractivity contribution in [2.75, 3.05) is 46.1 Å². The van der Waals surface area contributed by atoms with E-state index in [-0.39, 0.29) is 34.7 Å². The van der Waals surface area contributed by atoms with Crippen LogP contribution in [0.4, 0.5) is 5.69 Å². The van der Waals surface area contributed by atoms with Crippen LogP contribution in [0.2, 0.25) is 0 Å². The molecular weight excluding hydrogens is 528 g/mol. The van der Waals surface area contributed by atoms with Gasteiger partial charge in [0.05, 0.1) is 24.2 Å². The minimum atomic E-state index is -0.798. The van der Waals surface area contributed by atoms with Gasteiger partial charge in [0.25, 0.3) is 0 Å². The summed E-state index contributed by atoms with van der Waals surface area (Å²) in [6.45, 7) is 8.36. The van der Waals surface area contributed by atoms with Gasteiger partial charge in [0.2, 0.25) is 11.9 Å². The van der Waals surface area contributed by atoms with Crippen molar-refractivity contribution in [3.8, 4) is 6.07 Å². The van der Waals surface area contributed by atoms with Crippen LogP contribution in [0.1, 0.15) is 58.4 Å². The number of rotatable bonds is 10. The first-order chi connectivity index (χ1) is 20.0. The first-order valence-electron chi connectivity index (χ1n) is 15.2. The highest BCUT2D eigenvalue weighted by molar-refractivity contribution is 6.08. The number of amides is 1. The van der Waals surface area contributed by atoms with Gasteiger partial charge < -0.3 is 25.5 Å². The van der Waals surface area contributed by atoms with E-state index in [9.17, 15) is 9.90 Å². The molecule has 0 saturated heterocycles. The molecule has 1 heterocycles. The lowest BCUT2D eigenvalue weighted by molar-refractivity contribution is -0.129. The molecule has 1 aromatic rings. The summed E-state index contributed by atoms with van der Waals surface area (Å²) in [5.41, 5.74) is 1.66. The molecule has 6 atom stereocenters. The molecule has 1 aliphatic heterocycles. The highest BCUT2D eigenvalue weighted by atomic mass is 16.3. The number of likely N-dealkylation sites (N-methyl/N-ethyl adjacent to an activating group) is 2. The number of hydrogen-bond donors (Lipinski definition) is 4. The molecule has 0 aromatic heterocycles. The maximum absolute atomic E-state index is 12.6. The lowest BCUT2D eigenvalue weighted by Crippen LogP contribution is -2.53. The smallest absolute Gasteiger partial charge is 0.246 e. The van der Waals surface area contributed by atoms with Crippen LogP contribution < -0.4 is 16.0 Å². The SMILES string of the molecule is CCN=C1NC(Nc2ccc(C#N)cc2)=NCC1C1(C)CCC[C@@]2(C[C@H]2NC(O)[C@H](C)N(C)C(=O)/C=C/CN(C)C)C1. The van der Waals surface area contributed by atoms with E-state index in [1.165, 1.54) is 0 Å². The van der Waals surface area contributed by atoms with Crippen molar-refractivity contribution in [1.29, 1.82) is 5.26 Å². The number of hydrogen-bond acceptors (Lipinski definition) is 8. The molecule has 4 rings (SSSR count). The van der Waals surface area contributed by atoms with Crippen LogP contribution in [0.15, 0.2) is 46.4 Å². The summed E-state index contributed by atoms with van der Waals surface area (Å²) >= 11 is 0. The second kappa shape index (κ2) is 13.4. The van der Waals surface area contributed by atoms with Gasteiger partial charge in [-0.1, -0.05) is 19.4 Å². The van der Waals surface area contributed by atoms with Gasteiger partial charge in [-0.15, -0.1) is 0 Å². The van der Waals surface area contributed by atoms with Gasteiger partial charge in [-0.05, 0) is 88.7 Å². The molecule has 0 bridgehead atoms. The third kappa shape index (κ3) is 7.38.